The summed E-state index contributed by atoms with van der Waals surface area (Å²) in [5.41, 5.74) is 0.0452. The van der Waals surface area contributed by atoms with Gasteiger partial charge in [0.15, 0.2) is 5.75 Å². The van der Waals surface area contributed by atoms with Gasteiger partial charge in [-0.15, -0.1) is 0 Å². The Kier molecular flexibility index (Phi) is 5.65. The van der Waals surface area contributed by atoms with E-state index in [1.165, 1.54) is 30.2 Å². The van der Waals surface area contributed by atoms with E-state index in [1.54, 1.807) is 18.2 Å². The van der Waals surface area contributed by atoms with Crippen LogP contribution in [0.3, 0.4) is 0 Å². The first kappa shape index (κ1) is 20.5. The summed E-state index contributed by atoms with van der Waals surface area (Å²) < 4.78 is 21.2. The fourth-order valence-corrected chi connectivity index (χ4v) is 2.84. The van der Waals surface area contributed by atoms with Crippen molar-refractivity contribution in [2.24, 2.45) is 0 Å². The molecule has 154 valence electrons. The number of fused-ring (bicyclic) bond motifs is 2. The zero-order valence-electron chi connectivity index (χ0n) is 16.7. The summed E-state index contributed by atoms with van der Waals surface area (Å²) in [6.45, 7) is 6.19. The predicted octanol–water partition coefficient (Wildman–Crippen LogP) is 4.11. The Labute approximate surface area is 168 Å². The summed E-state index contributed by atoms with van der Waals surface area (Å²) >= 11 is 0. The summed E-state index contributed by atoms with van der Waals surface area (Å²) in [7, 11) is 1.20. The lowest BCUT2D eigenvalue weighted by molar-refractivity contribution is 0.00135. The van der Waals surface area contributed by atoms with Gasteiger partial charge in [0.2, 0.25) is 0 Å². The highest BCUT2D eigenvalue weighted by Crippen LogP contribution is 2.43. The van der Waals surface area contributed by atoms with E-state index >= 15 is 0 Å². The van der Waals surface area contributed by atoms with Crippen molar-refractivity contribution in [1.82, 2.24) is 0 Å². The Hall–Kier alpha value is -3.26. The first-order chi connectivity index (χ1) is 13.7. The first-order valence-electron chi connectivity index (χ1n) is 9.05. The molecule has 0 bridgehead atoms. The zero-order valence-corrected chi connectivity index (χ0v) is 16.7. The maximum Gasteiger partial charge on any atom is 0.513 e. The van der Waals surface area contributed by atoms with Gasteiger partial charge in [0.05, 0.1) is 25.0 Å². The van der Waals surface area contributed by atoms with Crippen molar-refractivity contribution in [2.45, 2.75) is 26.4 Å². The third kappa shape index (κ3) is 4.60. The van der Waals surface area contributed by atoms with Gasteiger partial charge in [0.1, 0.15) is 22.8 Å². The van der Waals surface area contributed by atoms with Crippen LogP contribution >= 0.6 is 0 Å². The third-order valence-corrected chi connectivity index (χ3v) is 4.12. The largest absolute Gasteiger partial charge is 0.513 e. The van der Waals surface area contributed by atoms with Crippen LogP contribution in [0.1, 0.15) is 31.1 Å². The van der Waals surface area contributed by atoms with E-state index in [9.17, 15) is 14.7 Å². The van der Waals surface area contributed by atoms with Crippen molar-refractivity contribution in [3.8, 4) is 23.0 Å². The second-order valence-corrected chi connectivity index (χ2v) is 7.36. The average molecular weight is 401 g/mol. The molecular formula is C21H23NO7. The van der Waals surface area contributed by atoms with Crippen LogP contribution in [-0.4, -0.2) is 43.0 Å². The molecule has 0 aliphatic carbocycles. The van der Waals surface area contributed by atoms with Gasteiger partial charge in [-0.3, -0.25) is 4.79 Å². The van der Waals surface area contributed by atoms with Gasteiger partial charge < -0.3 is 29.0 Å². The molecule has 2 aromatic rings. The van der Waals surface area contributed by atoms with Crippen molar-refractivity contribution in [3.63, 3.8) is 0 Å². The van der Waals surface area contributed by atoms with E-state index in [0.29, 0.717) is 11.4 Å². The number of carbonyl (C=O) groups excluding carboxylic acids is 2. The summed E-state index contributed by atoms with van der Waals surface area (Å²) in [5, 5.41) is 10.3. The normalized spacial score (nSPS) is 13.1. The Balaban J connectivity index is 2.03. The van der Waals surface area contributed by atoms with E-state index in [0.717, 1.165) is 0 Å². The van der Waals surface area contributed by atoms with Crippen LogP contribution in [0.5, 0.6) is 23.0 Å². The number of hydrogen-bond acceptors (Lipinski definition) is 7. The molecule has 1 amide bonds. The molecule has 0 unspecified atom stereocenters. The fraction of sp³-hybridized carbons (Fsp3) is 0.333. The van der Waals surface area contributed by atoms with Crippen LogP contribution in [0.15, 0.2) is 36.4 Å². The minimum absolute atomic E-state index is 0.0508. The Bertz CT molecular complexity index is 933. The Morgan fingerprint density at radius 2 is 1.93 bits per heavy atom. The standard InChI is InChI=1S/C21H23NO7/c1-21(2,3)27-11-10-22-14-12-13(28-20(25)26-4)8-9-16(14)29-17-7-5-6-15(23)18(17)19(22)24/h5-9,12,23H,10-11H2,1-4H3. The number of phenolic OH excluding ortho intramolecular Hbond substituents is 1. The highest BCUT2D eigenvalue weighted by molar-refractivity contribution is 6.11. The Morgan fingerprint density at radius 1 is 1.17 bits per heavy atom. The van der Waals surface area contributed by atoms with Crippen LogP contribution in [0.2, 0.25) is 0 Å². The number of amides is 1. The molecule has 1 N–H and O–H groups in total. The summed E-state index contributed by atoms with van der Waals surface area (Å²) in [6.07, 6.45) is -0.880. The lowest BCUT2D eigenvalue weighted by atomic mass is 10.1. The number of rotatable bonds is 4. The maximum atomic E-state index is 13.3. The van der Waals surface area contributed by atoms with Gasteiger partial charge in [-0.05, 0) is 45.0 Å². The Morgan fingerprint density at radius 3 is 2.62 bits per heavy atom. The van der Waals surface area contributed by atoms with Crippen LogP contribution in [-0.2, 0) is 9.47 Å². The molecule has 3 rings (SSSR count). The number of benzene rings is 2. The van der Waals surface area contributed by atoms with E-state index in [2.05, 4.69) is 4.74 Å². The number of ether oxygens (including phenoxy) is 4. The minimum Gasteiger partial charge on any atom is -0.507 e. The predicted molar refractivity (Wildman–Crippen MR) is 105 cm³/mol. The highest BCUT2D eigenvalue weighted by Gasteiger charge is 2.31. The molecule has 0 atom stereocenters. The van der Waals surface area contributed by atoms with Crippen molar-refractivity contribution in [2.75, 3.05) is 25.2 Å². The lowest BCUT2D eigenvalue weighted by Crippen LogP contribution is -2.35. The SMILES string of the molecule is COC(=O)Oc1ccc2c(c1)N(CCOC(C)(C)C)C(=O)c1c(O)cccc1O2. The molecule has 1 heterocycles. The van der Waals surface area contributed by atoms with Crippen molar-refractivity contribution >= 4 is 17.7 Å². The van der Waals surface area contributed by atoms with E-state index in [-0.39, 0.29) is 41.6 Å². The van der Waals surface area contributed by atoms with Gasteiger partial charge in [0.25, 0.3) is 5.91 Å². The van der Waals surface area contributed by atoms with E-state index < -0.39 is 12.1 Å². The van der Waals surface area contributed by atoms with Crippen LogP contribution in [0.25, 0.3) is 0 Å². The summed E-state index contributed by atoms with van der Waals surface area (Å²) in [4.78, 5) is 26.2. The van der Waals surface area contributed by atoms with Gasteiger partial charge in [-0.1, -0.05) is 6.07 Å². The first-order valence-corrected chi connectivity index (χ1v) is 9.05. The lowest BCUT2D eigenvalue weighted by Gasteiger charge is -2.25. The van der Waals surface area contributed by atoms with Gasteiger partial charge >= 0.3 is 6.16 Å². The number of hydrogen-bond donors (Lipinski definition) is 1. The number of nitrogens with zero attached hydrogens (tertiary/aromatic N) is 1. The smallest absolute Gasteiger partial charge is 0.507 e. The maximum absolute atomic E-state index is 13.3. The number of methoxy groups -OCH3 is 1. The number of aromatic hydroxyl groups is 1. The number of anilines is 1. The van der Waals surface area contributed by atoms with Crippen molar-refractivity contribution in [3.05, 3.63) is 42.0 Å². The van der Waals surface area contributed by atoms with E-state index in [4.69, 9.17) is 14.2 Å². The fourth-order valence-electron chi connectivity index (χ4n) is 2.84. The molecule has 8 nitrogen and oxygen atoms in total. The number of carbonyl (C=O) groups is 2. The van der Waals surface area contributed by atoms with Crippen molar-refractivity contribution < 1.29 is 33.6 Å². The molecule has 1 aliphatic heterocycles. The molecular weight excluding hydrogens is 378 g/mol. The van der Waals surface area contributed by atoms with Crippen molar-refractivity contribution in [1.29, 1.82) is 0 Å². The third-order valence-electron chi connectivity index (χ3n) is 4.12. The summed E-state index contributed by atoms with van der Waals surface area (Å²) in [5.74, 6) is 0.148. The monoisotopic (exact) mass is 401 g/mol. The van der Waals surface area contributed by atoms with Gasteiger partial charge in [0, 0.05) is 12.6 Å². The molecule has 2 aromatic carbocycles. The molecule has 1 aliphatic rings. The minimum atomic E-state index is -0.880. The van der Waals surface area contributed by atoms with Crippen LogP contribution in [0, 0.1) is 0 Å². The average Bonchev–Trinajstić information content (AvgIpc) is 2.76. The number of phenols is 1. The molecule has 0 radical (unpaired) electrons. The topological polar surface area (TPSA) is 94.5 Å². The molecule has 0 fully saturated rings. The molecule has 8 heteroatoms. The summed E-state index contributed by atoms with van der Waals surface area (Å²) in [6, 6.07) is 9.23. The second kappa shape index (κ2) is 8.00. The quantitative estimate of drug-likeness (QED) is 0.609. The molecule has 0 saturated heterocycles. The molecule has 0 spiro atoms. The van der Waals surface area contributed by atoms with Gasteiger partial charge in [-0.25, -0.2) is 4.79 Å². The second-order valence-electron chi connectivity index (χ2n) is 7.36. The van der Waals surface area contributed by atoms with Gasteiger partial charge in [-0.2, -0.15) is 0 Å². The van der Waals surface area contributed by atoms with Crippen LogP contribution in [0.4, 0.5) is 10.5 Å². The molecule has 0 aromatic heterocycles. The molecule has 0 saturated carbocycles. The highest BCUT2D eigenvalue weighted by atomic mass is 16.7. The van der Waals surface area contributed by atoms with Crippen LogP contribution < -0.4 is 14.4 Å². The zero-order chi connectivity index (χ0) is 21.2. The molecule has 29 heavy (non-hydrogen) atoms. The van der Waals surface area contributed by atoms with E-state index in [1.807, 2.05) is 20.8 Å².